The number of hydrogen-bond acceptors (Lipinski definition) is 4. The molecule has 2 atom stereocenters. The van der Waals surface area contributed by atoms with Crippen LogP contribution in [0, 0.1) is 11.3 Å². The van der Waals surface area contributed by atoms with Crippen molar-refractivity contribution in [2.24, 2.45) is 11.3 Å². The number of nitrogens with one attached hydrogen (secondary N) is 1. The Hall–Kier alpha value is -0.650. The van der Waals surface area contributed by atoms with E-state index in [2.05, 4.69) is 29.0 Å². The molecule has 0 spiro atoms. The molecule has 1 amide bonds. The van der Waals surface area contributed by atoms with Crippen molar-refractivity contribution in [3.8, 4) is 0 Å². The number of carbonyl (C=O) groups is 1. The third kappa shape index (κ3) is 4.20. The molecular weight excluding hydrogens is 314 g/mol. The van der Waals surface area contributed by atoms with Crippen LogP contribution in [0.15, 0.2) is 0 Å². The summed E-state index contributed by atoms with van der Waals surface area (Å²) in [7, 11) is 0. The number of likely N-dealkylation sites (tertiary alicyclic amines) is 1. The van der Waals surface area contributed by atoms with Gasteiger partial charge in [0.1, 0.15) is 0 Å². The molecule has 3 aliphatic rings. The van der Waals surface area contributed by atoms with Gasteiger partial charge in [0.25, 0.3) is 0 Å². The summed E-state index contributed by atoms with van der Waals surface area (Å²) in [5, 5.41) is 3.51. The predicted octanol–water partition coefficient (Wildman–Crippen LogP) is 2.12. The van der Waals surface area contributed by atoms with E-state index in [1.165, 1.54) is 19.3 Å². The Labute approximate surface area is 153 Å². The normalized spacial score (nSPS) is 30.7. The number of ether oxygens (including phenoxy) is 1. The molecule has 1 N–H and O–H groups in total. The molecule has 5 heteroatoms. The average Bonchev–Trinajstić information content (AvgIpc) is 3.10. The zero-order valence-electron chi connectivity index (χ0n) is 16.3. The lowest BCUT2D eigenvalue weighted by Crippen LogP contribution is -2.52. The minimum atomic E-state index is -0.0886. The summed E-state index contributed by atoms with van der Waals surface area (Å²) in [6.45, 7) is 12.1. The van der Waals surface area contributed by atoms with Crippen molar-refractivity contribution in [2.45, 2.75) is 58.5 Å². The smallest absolute Gasteiger partial charge is 0.230 e. The van der Waals surface area contributed by atoms with Crippen molar-refractivity contribution >= 4 is 5.91 Å². The first-order valence-corrected chi connectivity index (χ1v) is 10.5. The predicted molar refractivity (Wildman–Crippen MR) is 101 cm³/mol. The second-order valence-electron chi connectivity index (χ2n) is 8.12. The molecular formula is C20H37N3O2. The molecule has 1 aliphatic carbocycles. The Bertz CT molecular complexity index is 433. The Morgan fingerprint density at radius 1 is 1.20 bits per heavy atom. The van der Waals surface area contributed by atoms with E-state index in [9.17, 15) is 4.79 Å². The largest absolute Gasteiger partial charge is 0.377 e. The van der Waals surface area contributed by atoms with Gasteiger partial charge in [0.15, 0.2) is 0 Å². The van der Waals surface area contributed by atoms with Gasteiger partial charge in [0.2, 0.25) is 5.91 Å². The van der Waals surface area contributed by atoms with Crippen LogP contribution in [0.4, 0.5) is 0 Å². The van der Waals surface area contributed by atoms with E-state index in [1.54, 1.807) is 0 Å². The van der Waals surface area contributed by atoms with Crippen LogP contribution >= 0.6 is 0 Å². The lowest BCUT2D eigenvalue weighted by Gasteiger charge is -2.43. The maximum atomic E-state index is 13.3. The molecule has 0 aromatic rings. The minimum Gasteiger partial charge on any atom is -0.377 e. The topological polar surface area (TPSA) is 44.8 Å². The van der Waals surface area contributed by atoms with Gasteiger partial charge < -0.3 is 19.9 Å². The van der Waals surface area contributed by atoms with Crippen LogP contribution in [0.5, 0.6) is 0 Å². The number of rotatable bonds is 7. The lowest BCUT2D eigenvalue weighted by molar-refractivity contribution is -0.148. The Morgan fingerprint density at radius 2 is 1.96 bits per heavy atom. The van der Waals surface area contributed by atoms with Gasteiger partial charge in [-0.1, -0.05) is 26.7 Å². The van der Waals surface area contributed by atoms with Crippen LogP contribution < -0.4 is 5.32 Å². The molecule has 3 fully saturated rings. The molecule has 2 saturated heterocycles. The molecule has 5 nitrogen and oxygen atoms in total. The highest BCUT2D eigenvalue weighted by Crippen LogP contribution is 2.45. The van der Waals surface area contributed by atoms with Crippen LogP contribution in [0.2, 0.25) is 0 Å². The fourth-order valence-electron chi connectivity index (χ4n) is 5.10. The minimum absolute atomic E-state index is 0.0886. The molecule has 0 unspecified atom stereocenters. The summed E-state index contributed by atoms with van der Waals surface area (Å²) >= 11 is 0. The number of amides is 1. The van der Waals surface area contributed by atoms with E-state index < -0.39 is 0 Å². The highest BCUT2D eigenvalue weighted by atomic mass is 16.5. The van der Waals surface area contributed by atoms with Crippen molar-refractivity contribution in [3.05, 3.63) is 0 Å². The first-order chi connectivity index (χ1) is 12.2. The Balaban J connectivity index is 1.45. The molecule has 0 aromatic heterocycles. The summed E-state index contributed by atoms with van der Waals surface area (Å²) in [6.07, 6.45) is 7.16. The lowest BCUT2D eigenvalue weighted by atomic mass is 9.67. The van der Waals surface area contributed by atoms with Gasteiger partial charge in [-0.3, -0.25) is 4.79 Å². The SMILES string of the molecule is CCN(CC)CCOC1CCN(C(=O)[C@@]23CCCC[C@H]2CNC3)CC1. The van der Waals surface area contributed by atoms with E-state index in [0.717, 1.165) is 71.7 Å². The Morgan fingerprint density at radius 3 is 2.68 bits per heavy atom. The second-order valence-corrected chi connectivity index (χ2v) is 8.12. The summed E-state index contributed by atoms with van der Waals surface area (Å²) in [5.74, 6) is 1.00. The van der Waals surface area contributed by atoms with Crippen LogP contribution in [-0.2, 0) is 9.53 Å². The average molecular weight is 352 g/mol. The van der Waals surface area contributed by atoms with E-state index in [0.29, 0.717) is 17.9 Å². The van der Waals surface area contributed by atoms with Crippen molar-refractivity contribution in [1.29, 1.82) is 0 Å². The van der Waals surface area contributed by atoms with Crippen molar-refractivity contribution < 1.29 is 9.53 Å². The maximum Gasteiger partial charge on any atom is 0.230 e. The van der Waals surface area contributed by atoms with Gasteiger partial charge >= 0.3 is 0 Å². The highest BCUT2D eigenvalue weighted by Gasteiger charge is 2.51. The summed E-state index contributed by atoms with van der Waals surface area (Å²) in [5.41, 5.74) is -0.0886. The first kappa shape index (κ1) is 19.1. The number of nitrogens with zero attached hydrogens (tertiary/aromatic N) is 2. The first-order valence-electron chi connectivity index (χ1n) is 10.5. The van der Waals surface area contributed by atoms with Crippen molar-refractivity contribution in [3.63, 3.8) is 0 Å². The third-order valence-electron chi connectivity index (χ3n) is 6.85. The maximum absolute atomic E-state index is 13.3. The van der Waals surface area contributed by atoms with E-state index in [1.807, 2.05) is 0 Å². The molecule has 2 heterocycles. The number of fused-ring (bicyclic) bond motifs is 1. The second kappa shape index (κ2) is 8.83. The van der Waals surface area contributed by atoms with Gasteiger partial charge in [0, 0.05) is 26.2 Å². The van der Waals surface area contributed by atoms with E-state index in [4.69, 9.17) is 4.74 Å². The summed E-state index contributed by atoms with van der Waals surface area (Å²) in [4.78, 5) is 17.8. The van der Waals surface area contributed by atoms with Gasteiger partial charge in [-0.2, -0.15) is 0 Å². The molecule has 144 valence electrons. The quantitative estimate of drug-likeness (QED) is 0.763. The molecule has 0 aromatic carbocycles. The fraction of sp³-hybridized carbons (Fsp3) is 0.950. The zero-order chi connectivity index (χ0) is 17.7. The number of hydrogen-bond donors (Lipinski definition) is 1. The van der Waals surface area contributed by atoms with Gasteiger partial charge in [-0.15, -0.1) is 0 Å². The van der Waals surface area contributed by atoms with E-state index in [-0.39, 0.29) is 5.41 Å². The molecule has 0 radical (unpaired) electrons. The molecule has 1 saturated carbocycles. The molecule has 25 heavy (non-hydrogen) atoms. The van der Waals surface area contributed by atoms with Crippen LogP contribution in [0.25, 0.3) is 0 Å². The summed E-state index contributed by atoms with van der Waals surface area (Å²) in [6, 6.07) is 0. The van der Waals surface area contributed by atoms with Gasteiger partial charge in [-0.05, 0) is 51.2 Å². The van der Waals surface area contributed by atoms with Crippen molar-refractivity contribution in [1.82, 2.24) is 15.1 Å². The van der Waals surface area contributed by atoms with Crippen LogP contribution in [0.3, 0.4) is 0 Å². The van der Waals surface area contributed by atoms with Gasteiger partial charge in [0.05, 0.1) is 18.1 Å². The van der Waals surface area contributed by atoms with Crippen molar-refractivity contribution in [2.75, 3.05) is 52.4 Å². The highest BCUT2D eigenvalue weighted by molar-refractivity contribution is 5.84. The Kier molecular flexibility index (Phi) is 6.75. The van der Waals surface area contributed by atoms with Gasteiger partial charge in [-0.25, -0.2) is 0 Å². The number of carbonyl (C=O) groups excluding carboxylic acids is 1. The number of likely N-dealkylation sites (N-methyl/N-ethyl adjacent to an activating group) is 1. The van der Waals surface area contributed by atoms with Crippen LogP contribution in [0.1, 0.15) is 52.4 Å². The standard InChI is InChI=1S/C20H37N3O2/c1-3-22(4-2)13-14-25-18-8-11-23(12-9-18)19(24)20-10-6-5-7-17(20)15-21-16-20/h17-18,21H,3-16H2,1-2H3/t17-,20+/m0/s1. The van der Waals surface area contributed by atoms with Crippen LogP contribution in [-0.4, -0.2) is 74.2 Å². The molecule has 0 bridgehead atoms. The fourth-order valence-corrected chi connectivity index (χ4v) is 5.10. The molecule has 2 aliphatic heterocycles. The molecule has 3 rings (SSSR count). The monoisotopic (exact) mass is 351 g/mol. The third-order valence-corrected chi connectivity index (χ3v) is 6.85. The van der Waals surface area contributed by atoms with E-state index >= 15 is 0 Å². The summed E-state index contributed by atoms with van der Waals surface area (Å²) < 4.78 is 6.08. The zero-order valence-corrected chi connectivity index (χ0v) is 16.3. The number of piperidine rings is 1.